The van der Waals surface area contributed by atoms with Gasteiger partial charge < -0.3 is 0 Å². The summed E-state index contributed by atoms with van der Waals surface area (Å²) in [6.07, 6.45) is 0. The zero-order chi connectivity index (χ0) is 3.58. The van der Waals surface area contributed by atoms with Gasteiger partial charge in [0, 0.05) is 0 Å². The van der Waals surface area contributed by atoms with E-state index < -0.39 is 12.4 Å². The molecule has 25 valence electrons. The van der Waals surface area contributed by atoms with E-state index in [1.54, 1.807) is 0 Å². The normalized spacial score (nSPS) is 6.25. The van der Waals surface area contributed by atoms with Gasteiger partial charge in [-0.2, -0.15) is 0 Å². The Bertz CT molecular complexity index is 51.7. The second-order valence-electron chi connectivity index (χ2n) is 0.217. The molecule has 0 saturated heterocycles. The summed E-state index contributed by atoms with van der Waals surface area (Å²) in [6, 6.07) is 0. The van der Waals surface area contributed by atoms with E-state index in [2.05, 4.69) is 30.0 Å². The summed E-state index contributed by atoms with van der Waals surface area (Å²) in [5.74, 6) is 0. The quantitative estimate of drug-likeness (QED) is 0.671. The van der Waals surface area contributed by atoms with Gasteiger partial charge >= 0.3 is 42.4 Å². The molecule has 0 aromatic rings. The van der Waals surface area contributed by atoms with Gasteiger partial charge in [-0.3, -0.25) is 0 Å². The molecule has 0 fully saturated rings. The number of hydrogen-bond donors (Lipinski definition) is 1. The van der Waals surface area contributed by atoms with Gasteiger partial charge in [0.25, 0.3) is 0 Å². The Morgan fingerprint density at radius 2 is 1.50 bits per heavy atom. The van der Waals surface area contributed by atoms with Crippen molar-refractivity contribution in [3.8, 4) is 0 Å². The standard InChI is InChI=1S/H2S.2S.W/h1H2;;;/q;;;+1/p-1. The molecule has 0 atom stereocenters. The fourth-order valence-electron chi connectivity index (χ4n) is 0. The van der Waals surface area contributed by atoms with Gasteiger partial charge in [-0.1, -0.05) is 0 Å². The van der Waals surface area contributed by atoms with Gasteiger partial charge in [-0.15, -0.1) is 0 Å². The Balaban J connectivity index is 3.51. The van der Waals surface area contributed by atoms with E-state index in [0.717, 1.165) is 0 Å². The van der Waals surface area contributed by atoms with Crippen LogP contribution in [0.3, 0.4) is 0 Å². The van der Waals surface area contributed by atoms with Crippen molar-refractivity contribution >= 4 is 30.0 Å². The van der Waals surface area contributed by atoms with Crippen molar-refractivity contribution in [2.45, 2.75) is 0 Å². The van der Waals surface area contributed by atoms with Crippen molar-refractivity contribution in [2.75, 3.05) is 0 Å². The van der Waals surface area contributed by atoms with Crippen LogP contribution in [0.4, 0.5) is 0 Å². The SMILES string of the molecule is [S]=[W](=[S])[SH]. The van der Waals surface area contributed by atoms with Gasteiger partial charge in [0.05, 0.1) is 0 Å². The van der Waals surface area contributed by atoms with Crippen molar-refractivity contribution in [1.29, 1.82) is 0 Å². The van der Waals surface area contributed by atoms with Crippen LogP contribution in [0.15, 0.2) is 0 Å². The summed E-state index contributed by atoms with van der Waals surface area (Å²) < 4.78 is 0. The van der Waals surface area contributed by atoms with Crippen LogP contribution in [0, 0.1) is 0 Å². The molecular formula is HS3W. The number of rotatable bonds is 0. The first kappa shape index (κ1) is 5.48. The van der Waals surface area contributed by atoms with E-state index in [4.69, 9.17) is 0 Å². The van der Waals surface area contributed by atoms with Gasteiger partial charge in [0.15, 0.2) is 0 Å². The van der Waals surface area contributed by atoms with Crippen LogP contribution in [0.5, 0.6) is 0 Å². The van der Waals surface area contributed by atoms with Crippen molar-refractivity contribution < 1.29 is 12.4 Å². The summed E-state index contributed by atoms with van der Waals surface area (Å²) in [7, 11) is 12.8. The third-order valence-electron chi connectivity index (χ3n) is 0. The minimum atomic E-state index is -1.67. The Morgan fingerprint density at radius 3 is 1.50 bits per heavy atom. The molecule has 0 saturated carbocycles. The zero-order valence-electron chi connectivity index (χ0n) is 1.67. The first-order valence-electron chi connectivity index (χ1n) is 0.516. The molecule has 0 aliphatic heterocycles. The molecule has 4 heteroatoms. The predicted molar refractivity (Wildman–Crippen MR) is 24.2 cm³/mol. The van der Waals surface area contributed by atoms with Crippen molar-refractivity contribution in [3.63, 3.8) is 0 Å². The maximum atomic E-state index is 4.49. The average molecular weight is 281 g/mol. The van der Waals surface area contributed by atoms with E-state index in [1.165, 1.54) is 0 Å². The summed E-state index contributed by atoms with van der Waals surface area (Å²) in [4.78, 5) is 0. The van der Waals surface area contributed by atoms with E-state index in [9.17, 15) is 0 Å². The third kappa shape index (κ3) is 9.78. The van der Waals surface area contributed by atoms with Crippen LogP contribution in [-0.4, -0.2) is 0 Å². The van der Waals surface area contributed by atoms with Crippen molar-refractivity contribution in [3.05, 3.63) is 0 Å². The maximum absolute atomic E-state index is 4.49. The van der Waals surface area contributed by atoms with Crippen LogP contribution >= 0.6 is 30.0 Å². The summed E-state index contributed by atoms with van der Waals surface area (Å²) in [5.41, 5.74) is 0. The average Bonchev–Trinajstić information content (AvgIpc) is 0.811. The molecule has 4 heavy (non-hydrogen) atoms. The fraction of sp³-hybridized carbons (Fsp3) is 0. The van der Waals surface area contributed by atoms with Gasteiger partial charge in [-0.05, 0) is 0 Å². The molecule has 0 aromatic heterocycles. The number of thiol groups is 1. The summed E-state index contributed by atoms with van der Waals surface area (Å²) in [6.45, 7) is 0. The molecule has 0 aliphatic rings. The van der Waals surface area contributed by atoms with E-state index in [-0.39, 0.29) is 0 Å². The van der Waals surface area contributed by atoms with Crippen molar-refractivity contribution in [2.24, 2.45) is 0 Å². The van der Waals surface area contributed by atoms with Gasteiger partial charge in [0.2, 0.25) is 0 Å². The molecule has 0 bridgehead atoms. The molecule has 0 unspecified atom stereocenters. The van der Waals surface area contributed by atoms with Gasteiger partial charge in [-0.25, -0.2) is 0 Å². The molecule has 0 amide bonds. The molecule has 0 aliphatic carbocycles. The van der Waals surface area contributed by atoms with E-state index in [0.29, 0.717) is 0 Å². The molecule has 0 radical (unpaired) electrons. The fourth-order valence-corrected chi connectivity index (χ4v) is 0. The van der Waals surface area contributed by atoms with Crippen LogP contribution in [0.1, 0.15) is 0 Å². The number of hydrogen-bond acceptors (Lipinski definition) is 2. The molecule has 0 spiro atoms. The topological polar surface area (TPSA) is 0 Å². The molecule has 0 aromatic carbocycles. The van der Waals surface area contributed by atoms with E-state index in [1.807, 2.05) is 0 Å². The summed E-state index contributed by atoms with van der Waals surface area (Å²) >= 11 is -1.67. The second-order valence-corrected chi connectivity index (χ2v) is 16.0. The molecule has 0 rings (SSSR count). The van der Waals surface area contributed by atoms with Gasteiger partial charge in [0.1, 0.15) is 0 Å². The Kier molecular flexibility index (Phi) is 3.70. The Morgan fingerprint density at radius 1 is 1.50 bits per heavy atom. The van der Waals surface area contributed by atoms with Crippen molar-refractivity contribution in [1.82, 2.24) is 0 Å². The van der Waals surface area contributed by atoms with E-state index >= 15 is 0 Å². The molecule has 0 N–H and O–H groups in total. The third-order valence-corrected chi connectivity index (χ3v) is 0. The zero-order valence-corrected chi connectivity index (χ0v) is 7.13. The van der Waals surface area contributed by atoms with Crippen LogP contribution in [-0.2, 0) is 12.4 Å². The second kappa shape index (κ2) is 2.70. The predicted octanol–water partition coefficient (Wildman–Crippen LogP) is 1.67. The summed E-state index contributed by atoms with van der Waals surface area (Å²) in [5, 5.41) is 0. The molecule has 0 heterocycles. The minimum absolute atomic E-state index is 1.67. The molecular weight excluding hydrogens is 280 g/mol. The first-order chi connectivity index (χ1) is 1.73. The Hall–Kier alpha value is 1.48. The Labute approximate surface area is 42.2 Å². The monoisotopic (exact) mass is 281 g/mol. The van der Waals surface area contributed by atoms with Crippen LogP contribution < -0.4 is 0 Å². The first-order valence-corrected chi connectivity index (χ1v) is 12.7. The molecule has 0 nitrogen and oxygen atoms in total. The van der Waals surface area contributed by atoms with Crippen LogP contribution in [0.2, 0.25) is 0 Å². The van der Waals surface area contributed by atoms with Crippen LogP contribution in [0.25, 0.3) is 0 Å².